The zero-order valence-corrected chi connectivity index (χ0v) is 19.8. The van der Waals surface area contributed by atoms with Crippen LogP contribution >= 0.6 is 0 Å². The van der Waals surface area contributed by atoms with E-state index < -0.39 is 10.1 Å². The van der Waals surface area contributed by atoms with Gasteiger partial charge in [-0.2, -0.15) is 8.42 Å². The van der Waals surface area contributed by atoms with Gasteiger partial charge in [-0.15, -0.1) is 0 Å². The topological polar surface area (TPSA) is 43.4 Å². The Balaban J connectivity index is 0.00000841. The van der Waals surface area contributed by atoms with E-state index >= 15 is 0 Å². The van der Waals surface area contributed by atoms with E-state index in [0.717, 1.165) is 18.4 Å². The van der Waals surface area contributed by atoms with E-state index in [9.17, 15) is 8.42 Å². The monoisotopic (exact) mass is 448 g/mol. The number of hydrogen-bond donors (Lipinski definition) is 0. The average Bonchev–Trinajstić information content (AvgIpc) is 2.73. The van der Waals surface area contributed by atoms with Crippen LogP contribution in [-0.2, 0) is 20.7 Å². The molecule has 0 aliphatic heterocycles. The molecule has 0 aromatic heterocycles. The number of hydrogen-bond acceptors (Lipinski definition) is 3. The predicted molar refractivity (Wildman–Crippen MR) is 131 cm³/mol. The second-order valence-corrected chi connectivity index (χ2v) is 9.81. The molecule has 30 heavy (non-hydrogen) atoms. The summed E-state index contributed by atoms with van der Waals surface area (Å²) in [5.74, 6) is 0. The first-order chi connectivity index (χ1) is 14.1. The molecular weight excluding hydrogens is 403 g/mol. The Morgan fingerprint density at radius 1 is 0.667 bits per heavy atom. The maximum absolute atomic E-state index is 12.3. The molecule has 0 amide bonds. The summed E-state index contributed by atoms with van der Waals surface area (Å²) in [6, 6.07) is 7.28. The quantitative estimate of drug-likeness (QED) is 0.128. The molecule has 0 saturated heterocycles. The van der Waals surface area contributed by atoms with Gasteiger partial charge < -0.3 is 0 Å². The molecule has 0 heterocycles. The van der Waals surface area contributed by atoms with Crippen molar-refractivity contribution in [1.29, 1.82) is 0 Å². The van der Waals surface area contributed by atoms with Crippen LogP contribution in [-0.4, -0.2) is 44.6 Å². The molecule has 0 N–H and O–H groups in total. The van der Waals surface area contributed by atoms with Gasteiger partial charge in [0.25, 0.3) is 10.1 Å². The number of unbranched alkanes of at least 4 members (excludes halogenated alkanes) is 13. The first-order valence-electron chi connectivity index (χ1n) is 12.1. The number of rotatable bonds is 19. The van der Waals surface area contributed by atoms with E-state index in [4.69, 9.17) is 4.18 Å². The normalized spacial score (nSPS) is 11.4. The SMILES string of the molecule is CCCCCCCCCCCCCCCCc1ccccc1S(=O)(=O)OCCC.[NaH]. The fourth-order valence-corrected chi connectivity index (χ4v) is 4.97. The Hall–Kier alpha value is 0.130. The van der Waals surface area contributed by atoms with Gasteiger partial charge >= 0.3 is 29.6 Å². The van der Waals surface area contributed by atoms with Gasteiger partial charge in [0.15, 0.2) is 0 Å². The van der Waals surface area contributed by atoms with E-state index in [1.807, 2.05) is 19.1 Å². The van der Waals surface area contributed by atoms with Crippen molar-refractivity contribution < 1.29 is 12.6 Å². The van der Waals surface area contributed by atoms with Gasteiger partial charge in [-0.3, -0.25) is 4.18 Å². The van der Waals surface area contributed by atoms with Gasteiger partial charge in [-0.05, 0) is 30.9 Å². The molecule has 0 bridgehead atoms. The van der Waals surface area contributed by atoms with Crippen LogP contribution in [0, 0.1) is 0 Å². The molecule has 0 radical (unpaired) electrons. The molecule has 0 aliphatic carbocycles. The molecule has 0 saturated carbocycles. The van der Waals surface area contributed by atoms with Gasteiger partial charge in [-0.25, -0.2) is 0 Å². The van der Waals surface area contributed by atoms with Crippen LogP contribution in [0.25, 0.3) is 0 Å². The van der Waals surface area contributed by atoms with Crippen LogP contribution in [0.15, 0.2) is 29.2 Å². The summed E-state index contributed by atoms with van der Waals surface area (Å²) in [6.07, 6.45) is 20.1. The molecule has 5 heteroatoms. The van der Waals surface area contributed by atoms with E-state index in [-0.39, 0.29) is 36.2 Å². The van der Waals surface area contributed by atoms with Crippen molar-refractivity contribution in [2.45, 2.75) is 121 Å². The summed E-state index contributed by atoms with van der Waals surface area (Å²) >= 11 is 0. The third-order valence-electron chi connectivity index (χ3n) is 5.48. The second-order valence-electron chi connectivity index (χ2n) is 8.23. The van der Waals surface area contributed by atoms with Crippen molar-refractivity contribution in [1.82, 2.24) is 0 Å². The Labute approximate surface area is 209 Å². The molecule has 0 unspecified atom stereocenters. The van der Waals surface area contributed by atoms with Crippen molar-refractivity contribution in [3.05, 3.63) is 29.8 Å². The van der Waals surface area contributed by atoms with Gasteiger partial charge in [0.2, 0.25) is 0 Å². The van der Waals surface area contributed by atoms with Crippen molar-refractivity contribution in [2.75, 3.05) is 6.61 Å². The molecule has 1 aromatic rings. The van der Waals surface area contributed by atoms with Crippen LogP contribution in [0.4, 0.5) is 0 Å². The second kappa shape index (κ2) is 19.8. The van der Waals surface area contributed by atoms with Gasteiger partial charge in [-0.1, -0.05) is 116 Å². The summed E-state index contributed by atoms with van der Waals surface area (Å²) in [7, 11) is -3.62. The first kappa shape index (κ1) is 30.1. The van der Waals surface area contributed by atoms with E-state index in [0.29, 0.717) is 11.3 Å². The third kappa shape index (κ3) is 14.2. The summed E-state index contributed by atoms with van der Waals surface area (Å²) in [6.45, 7) is 4.43. The molecule has 1 aromatic carbocycles. The average molecular weight is 449 g/mol. The third-order valence-corrected chi connectivity index (χ3v) is 6.90. The minimum atomic E-state index is -3.62. The van der Waals surface area contributed by atoms with Crippen LogP contribution in [0.3, 0.4) is 0 Å². The van der Waals surface area contributed by atoms with Crippen LogP contribution in [0.2, 0.25) is 0 Å². The number of aryl methyl sites for hydroxylation is 1. The molecule has 0 fully saturated rings. The zero-order valence-electron chi connectivity index (χ0n) is 19.0. The summed E-state index contributed by atoms with van der Waals surface area (Å²) in [5.41, 5.74) is 0.891. The van der Waals surface area contributed by atoms with E-state index in [1.165, 1.54) is 83.5 Å². The first-order valence-corrected chi connectivity index (χ1v) is 13.5. The van der Waals surface area contributed by atoms with E-state index in [2.05, 4.69) is 6.92 Å². The predicted octanol–water partition coefficient (Wildman–Crippen LogP) is 7.18. The maximum atomic E-state index is 12.3. The van der Waals surface area contributed by atoms with Gasteiger partial charge in [0.05, 0.1) is 11.5 Å². The van der Waals surface area contributed by atoms with E-state index in [1.54, 1.807) is 12.1 Å². The summed E-state index contributed by atoms with van der Waals surface area (Å²) in [4.78, 5) is 0.350. The Morgan fingerprint density at radius 2 is 1.13 bits per heavy atom. The molecule has 0 aliphatic rings. The van der Waals surface area contributed by atoms with Gasteiger partial charge in [0, 0.05) is 0 Å². The Bertz CT molecular complexity index is 617. The summed E-state index contributed by atoms with van der Waals surface area (Å²) in [5, 5.41) is 0. The Kier molecular flexibility index (Phi) is 19.9. The van der Waals surface area contributed by atoms with Crippen molar-refractivity contribution >= 4 is 39.7 Å². The minimum absolute atomic E-state index is 0. The Morgan fingerprint density at radius 3 is 1.63 bits per heavy atom. The summed E-state index contributed by atoms with van der Waals surface area (Å²) < 4.78 is 29.8. The molecule has 1 rings (SSSR count). The van der Waals surface area contributed by atoms with Crippen LogP contribution < -0.4 is 0 Å². The molecule has 170 valence electrons. The molecular formula is C25H45NaO3S. The van der Waals surface area contributed by atoms with Crippen LogP contribution in [0.5, 0.6) is 0 Å². The fourth-order valence-electron chi connectivity index (χ4n) is 3.72. The van der Waals surface area contributed by atoms with Crippen LogP contribution in [0.1, 0.15) is 116 Å². The van der Waals surface area contributed by atoms with Crippen molar-refractivity contribution in [3.63, 3.8) is 0 Å². The molecule has 3 nitrogen and oxygen atoms in total. The van der Waals surface area contributed by atoms with Crippen molar-refractivity contribution in [3.8, 4) is 0 Å². The fraction of sp³-hybridized carbons (Fsp3) is 0.760. The van der Waals surface area contributed by atoms with Gasteiger partial charge in [0.1, 0.15) is 0 Å². The standard InChI is InChI=1S/C25H44O3S.Na.H/c1-3-5-6-7-8-9-10-11-12-13-14-15-16-17-20-24-21-18-19-22-25(24)29(26,27)28-23-4-2;;/h18-19,21-22H,3-17,20,23H2,1-2H3;;. The molecule has 0 spiro atoms. The number of benzene rings is 1. The zero-order chi connectivity index (χ0) is 21.2. The van der Waals surface area contributed by atoms with Crippen molar-refractivity contribution in [2.24, 2.45) is 0 Å². The molecule has 0 atom stereocenters.